The van der Waals surface area contributed by atoms with Crippen molar-refractivity contribution in [3.8, 4) is 34.1 Å². The van der Waals surface area contributed by atoms with Crippen molar-refractivity contribution < 1.29 is 24.1 Å². The van der Waals surface area contributed by atoms with Crippen LogP contribution in [0.5, 0.6) is 23.0 Å². The Labute approximate surface area is 155 Å². The van der Waals surface area contributed by atoms with E-state index in [1.165, 1.54) is 0 Å². The lowest BCUT2D eigenvalue weighted by molar-refractivity contribution is 0.0604. The van der Waals surface area contributed by atoms with Gasteiger partial charge >= 0.3 is 0 Å². The monoisotopic (exact) mass is 360 g/mol. The molecule has 0 heterocycles. The molecule has 0 saturated heterocycles. The third kappa shape index (κ3) is 3.58. The zero-order valence-electron chi connectivity index (χ0n) is 16.5. The van der Waals surface area contributed by atoms with Gasteiger partial charge in [-0.25, -0.2) is 0 Å². The number of rotatable bonds is 6. The number of methoxy groups -OCH3 is 4. The minimum Gasteiger partial charge on any atom is -0.496 e. The maximum Gasteiger partial charge on any atom is 0.136 e. The molecule has 0 aliphatic carbocycles. The van der Waals surface area contributed by atoms with Crippen LogP contribution in [0.1, 0.15) is 32.4 Å². The Balaban J connectivity index is 2.88. The second kappa shape index (κ2) is 7.87. The van der Waals surface area contributed by atoms with E-state index in [1.807, 2.05) is 51.1 Å². The summed E-state index contributed by atoms with van der Waals surface area (Å²) >= 11 is 0. The number of hydrogen-bond donors (Lipinski definition) is 1. The molecule has 0 aromatic heterocycles. The first-order valence-electron chi connectivity index (χ1n) is 8.44. The van der Waals surface area contributed by atoms with Crippen molar-refractivity contribution in [3.05, 3.63) is 35.9 Å². The van der Waals surface area contributed by atoms with Crippen LogP contribution in [0.25, 0.3) is 11.1 Å². The van der Waals surface area contributed by atoms with Gasteiger partial charge in [0.05, 0.1) is 45.7 Å². The van der Waals surface area contributed by atoms with Gasteiger partial charge in [-0.05, 0) is 29.7 Å². The SMILES string of the molecule is COc1cccc(OC)c1-c1c(OC)ccc([C@@H](O)C(C)(C)C)c1OC. The number of aliphatic hydroxyl groups excluding tert-OH is 1. The highest BCUT2D eigenvalue weighted by Crippen LogP contribution is 2.51. The zero-order valence-corrected chi connectivity index (χ0v) is 16.5. The molecular weight excluding hydrogens is 332 g/mol. The van der Waals surface area contributed by atoms with E-state index < -0.39 is 6.10 Å². The Morgan fingerprint density at radius 3 is 1.65 bits per heavy atom. The van der Waals surface area contributed by atoms with Crippen LogP contribution in [-0.4, -0.2) is 33.5 Å². The van der Waals surface area contributed by atoms with Gasteiger partial charge in [-0.2, -0.15) is 0 Å². The molecule has 0 spiro atoms. The predicted octanol–water partition coefficient (Wildman–Crippen LogP) is 4.47. The van der Waals surface area contributed by atoms with Gasteiger partial charge in [-0.3, -0.25) is 0 Å². The molecule has 1 N–H and O–H groups in total. The van der Waals surface area contributed by atoms with E-state index in [-0.39, 0.29) is 5.41 Å². The Kier molecular flexibility index (Phi) is 6.03. The molecule has 5 nitrogen and oxygen atoms in total. The highest BCUT2D eigenvalue weighted by atomic mass is 16.5. The van der Waals surface area contributed by atoms with E-state index in [0.29, 0.717) is 39.7 Å². The van der Waals surface area contributed by atoms with Gasteiger partial charge in [-0.15, -0.1) is 0 Å². The molecule has 0 saturated carbocycles. The van der Waals surface area contributed by atoms with Crippen LogP contribution in [0.2, 0.25) is 0 Å². The highest BCUT2D eigenvalue weighted by molar-refractivity contribution is 5.86. The molecule has 0 unspecified atom stereocenters. The van der Waals surface area contributed by atoms with Crippen molar-refractivity contribution in [1.82, 2.24) is 0 Å². The molecule has 0 bridgehead atoms. The molecule has 5 heteroatoms. The van der Waals surface area contributed by atoms with Crippen molar-refractivity contribution in [2.45, 2.75) is 26.9 Å². The summed E-state index contributed by atoms with van der Waals surface area (Å²) in [7, 11) is 6.38. The first-order chi connectivity index (χ1) is 12.3. The molecule has 142 valence electrons. The van der Waals surface area contributed by atoms with Crippen LogP contribution in [-0.2, 0) is 0 Å². The van der Waals surface area contributed by atoms with Gasteiger partial charge in [0.2, 0.25) is 0 Å². The summed E-state index contributed by atoms with van der Waals surface area (Å²) in [4.78, 5) is 0. The molecule has 1 atom stereocenters. The summed E-state index contributed by atoms with van der Waals surface area (Å²) in [6.45, 7) is 5.93. The lowest BCUT2D eigenvalue weighted by atomic mass is 9.83. The van der Waals surface area contributed by atoms with Crippen molar-refractivity contribution >= 4 is 0 Å². The lowest BCUT2D eigenvalue weighted by Gasteiger charge is -2.29. The maximum absolute atomic E-state index is 10.9. The van der Waals surface area contributed by atoms with Crippen LogP contribution < -0.4 is 18.9 Å². The van der Waals surface area contributed by atoms with Gasteiger partial charge in [-0.1, -0.05) is 26.8 Å². The molecule has 0 aliphatic rings. The quantitative estimate of drug-likeness (QED) is 0.824. The van der Waals surface area contributed by atoms with Crippen LogP contribution >= 0.6 is 0 Å². The van der Waals surface area contributed by atoms with Gasteiger partial charge in [0.1, 0.15) is 23.0 Å². The molecule has 0 aliphatic heterocycles. The normalized spacial score (nSPS) is 12.5. The first kappa shape index (κ1) is 19.9. The summed E-state index contributed by atoms with van der Waals surface area (Å²) < 4.78 is 22.4. The van der Waals surface area contributed by atoms with Crippen molar-refractivity contribution in [3.63, 3.8) is 0 Å². The van der Waals surface area contributed by atoms with Gasteiger partial charge in [0.25, 0.3) is 0 Å². The summed E-state index contributed by atoms with van der Waals surface area (Å²) in [6.07, 6.45) is -0.720. The summed E-state index contributed by atoms with van der Waals surface area (Å²) in [6, 6.07) is 9.22. The number of benzene rings is 2. The van der Waals surface area contributed by atoms with Crippen molar-refractivity contribution in [2.75, 3.05) is 28.4 Å². The van der Waals surface area contributed by atoms with Crippen molar-refractivity contribution in [1.29, 1.82) is 0 Å². The zero-order chi connectivity index (χ0) is 19.5. The van der Waals surface area contributed by atoms with Crippen LogP contribution in [0.15, 0.2) is 30.3 Å². The first-order valence-corrected chi connectivity index (χ1v) is 8.44. The van der Waals surface area contributed by atoms with E-state index in [4.69, 9.17) is 18.9 Å². The Morgan fingerprint density at radius 1 is 0.731 bits per heavy atom. The van der Waals surface area contributed by atoms with E-state index >= 15 is 0 Å². The maximum atomic E-state index is 10.9. The largest absolute Gasteiger partial charge is 0.496 e. The Morgan fingerprint density at radius 2 is 1.23 bits per heavy atom. The summed E-state index contributed by atoms with van der Waals surface area (Å²) in [5, 5.41) is 10.9. The number of hydrogen-bond acceptors (Lipinski definition) is 5. The van der Waals surface area contributed by atoms with Crippen LogP contribution in [0.3, 0.4) is 0 Å². The molecule has 0 amide bonds. The predicted molar refractivity (Wildman–Crippen MR) is 103 cm³/mol. The number of aliphatic hydroxyl groups is 1. The average molecular weight is 360 g/mol. The van der Waals surface area contributed by atoms with E-state index in [9.17, 15) is 5.11 Å². The molecule has 26 heavy (non-hydrogen) atoms. The average Bonchev–Trinajstić information content (AvgIpc) is 2.64. The van der Waals surface area contributed by atoms with Gasteiger partial charge in [0.15, 0.2) is 0 Å². The second-order valence-electron chi connectivity index (χ2n) is 7.07. The molecule has 0 fully saturated rings. The fraction of sp³-hybridized carbons (Fsp3) is 0.429. The number of ether oxygens (including phenoxy) is 4. The third-order valence-electron chi connectivity index (χ3n) is 4.37. The van der Waals surface area contributed by atoms with E-state index in [2.05, 4.69) is 0 Å². The summed E-state index contributed by atoms with van der Waals surface area (Å²) in [5.74, 6) is 2.40. The molecule has 2 rings (SSSR count). The van der Waals surface area contributed by atoms with Crippen LogP contribution in [0, 0.1) is 5.41 Å². The van der Waals surface area contributed by atoms with Gasteiger partial charge < -0.3 is 24.1 Å². The van der Waals surface area contributed by atoms with Gasteiger partial charge in [0, 0.05) is 5.56 Å². The molecule has 2 aromatic carbocycles. The molecular formula is C21H28O5. The fourth-order valence-corrected chi connectivity index (χ4v) is 2.99. The lowest BCUT2D eigenvalue weighted by Crippen LogP contribution is -2.19. The summed E-state index contributed by atoms with van der Waals surface area (Å²) in [5.41, 5.74) is 1.73. The van der Waals surface area contributed by atoms with E-state index in [0.717, 1.165) is 0 Å². The Hall–Kier alpha value is -2.40. The molecule has 0 radical (unpaired) electrons. The third-order valence-corrected chi connectivity index (χ3v) is 4.37. The minimum atomic E-state index is -0.720. The van der Waals surface area contributed by atoms with E-state index in [1.54, 1.807) is 28.4 Å². The Bertz CT molecular complexity index is 739. The molecule has 2 aromatic rings. The standard InChI is InChI=1S/C21H28O5/c1-21(2,3)20(22)13-11-12-16(25-6)18(19(13)26-7)17-14(23-4)9-8-10-15(17)24-5/h8-12,20,22H,1-7H3/t20-/m1/s1. The second-order valence-corrected chi connectivity index (χ2v) is 7.07. The van der Waals surface area contributed by atoms with Crippen molar-refractivity contribution in [2.24, 2.45) is 5.41 Å². The highest BCUT2D eigenvalue weighted by Gasteiger charge is 2.31. The topological polar surface area (TPSA) is 57.2 Å². The smallest absolute Gasteiger partial charge is 0.136 e. The minimum absolute atomic E-state index is 0.357. The van der Waals surface area contributed by atoms with Crippen LogP contribution in [0.4, 0.5) is 0 Å². The fourth-order valence-electron chi connectivity index (χ4n) is 2.99.